The lowest BCUT2D eigenvalue weighted by molar-refractivity contribution is -0.159. The van der Waals surface area contributed by atoms with Gasteiger partial charge in [-0.1, -0.05) is 5.16 Å². The number of oxazole rings is 1. The molecule has 3 aromatic rings. The Bertz CT molecular complexity index is 873. The average Bonchev–Trinajstić information content (AvgIpc) is 3.15. The van der Waals surface area contributed by atoms with Crippen LogP contribution in [-0.2, 0) is 11.0 Å². The molecular formula is C14H12F3N5O3. The van der Waals surface area contributed by atoms with Crippen molar-refractivity contribution in [2.45, 2.75) is 20.0 Å². The van der Waals surface area contributed by atoms with Crippen molar-refractivity contribution in [3.8, 4) is 22.8 Å². The molecule has 3 heterocycles. The minimum atomic E-state index is -4.68. The molecule has 11 heteroatoms. The predicted octanol–water partition coefficient (Wildman–Crippen LogP) is 2.52. The van der Waals surface area contributed by atoms with Crippen LogP contribution < -0.4 is 5.73 Å². The van der Waals surface area contributed by atoms with Crippen LogP contribution in [-0.4, -0.2) is 26.5 Å². The van der Waals surface area contributed by atoms with E-state index in [1.54, 1.807) is 13.8 Å². The molecule has 2 N–H and O–H groups in total. The molecule has 0 bridgehead atoms. The summed E-state index contributed by atoms with van der Waals surface area (Å²) in [6, 6.07) is 3.01. The smallest absolute Gasteiger partial charge is 0.446 e. The van der Waals surface area contributed by atoms with Crippen LogP contribution in [0.5, 0.6) is 0 Å². The molecule has 0 aromatic carbocycles. The van der Waals surface area contributed by atoms with Gasteiger partial charge in [-0.25, -0.2) is 4.98 Å². The van der Waals surface area contributed by atoms with E-state index in [-0.39, 0.29) is 12.2 Å². The maximum atomic E-state index is 12.5. The van der Waals surface area contributed by atoms with Gasteiger partial charge in [0.05, 0.1) is 5.69 Å². The maximum Gasteiger partial charge on any atom is 0.471 e. The zero-order valence-electron chi connectivity index (χ0n) is 13.0. The minimum Gasteiger partial charge on any atom is -0.446 e. The monoisotopic (exact) mass is 355 g/mol. The molecule has 0 spiro atoms. The van der Waals surface area contributed by atoms with Gasteiger partial charge in [0.15, 0.2) is 5.89 Å². The summed E-state index contributed by atoms with van der Waals surface area (Å²) in [6.07, 6.45) is -3.00. The first-order valence-electron chi connectivity index (χ1n) is 6.73. The molecule has 0 fully saturated rings. The second-order valence-electron chi connectivity index (χ2n) is 4.62. The second-order valence-corrected chi connectivity index (χ2v) is 4.62. The van der Waals surface area contributed by atoms with Crippen molar-refractivity contribution < 1.29 is 26.9 Å². The molecule has 0 aliphatic carbocycles. The number of hydrogen-bond acceptors (Lipinski definition) is 7. The van der Waals surface area contributed by atoms with Crippen LogP contribution in [0.1, 0.15) is 17.5 Å². The van der Waals surface area contributed by atoms with Crippen molar-refractivity contribution in [2.75, 3.05) is 0 Å². The molecule has 25 heavy (non-hydrogen) atoms. The summed E-state index contributed by atoms with van der Waals surface area (Å²) in [4.78, 5) is 20.2. The molecular weight excluding hydrogens is 343 g/mol. The third-order valence-corrected chi connectivity index (χ3v) is 2.83. The number of carbonyl (C=O) groups excluding carboxylic acids is 1. The molecule has 0 aliphatic heterocycles. The zero-order valence-corrected chi connectivity index (χ0v) is 13.0. The Morgan fingerprint density at radius 3 is 2.44 bits per heavy atom. The van der Waals surface area contributed by atoms with Gasteiger partial charge in [-0.05, 0) is 19.1 Å². The van der Waals surface area contributed by atoms with E-state index >= 15 is 0 Å². The molecule has 0 atom stereocenters. The highest BCUT2D eigenvalue weighted by molar-refractivity contribution is 5.65. The van der Waals surface area contributed by atoms with Gasteiger partial charge >= 0.3 is 12.1 Å². The molecule has 132 valence electrons. The van der Waals surface area contributed by atoms with Gasteiger partial charge in [-0.3, -0.25) is 9.78 Å². The predicted molar refractivity (Wildman–Crippen MR) is 77.8 cm³/mol. The van der Waals surface area contributed by atoms with E-state index < -0.39 is 12.1 Å². The van der Waals surface area contributed by atoms with Crippen LogP contribution >= 0.6 is 0 Å². The summed E-state index contributed by atoms with van der Waals surface area (Å²) in [5, 5.41) is 3.34. The summed E-state index contributed by atoms with van der Waals surface area (Å²) in [5.41, 5.74) is 5.47. The molecule has 3 rings (SSSR count). The summed E-state index contributed by atoms with van der Waals surface area (Å²) >= 11 is 0. The van der Waals surface area contributed by atoms with Gasteiger partial charge < -0.3 is 14.7 Å². The fraction of sp³-hybridized carbons (Fsp3) is 0.214. The van der Waals surface area contributed by atoms with Gasteiger partial charge in [0.2, 0.25) is 12.2 Å². The standard InChI is InChI=1S/C13H9F3N4O2.CH3NO/c1-6-10(18-7(2)21-6)9-5-8(3-4-17-9)11-19-12(22-20-11)13(14,15)16;2-1-3/h3-5H,1-2H3;1H,(H2,2,3). The highest BCUT2D eigenvalue weighted by Gasteiger charge is 2.38. The van der Waals surface area contributed by atoms with Gasteiger partial charge in [0.25, 0.3) is 0 Å². The zero-order chi connectivity index (χ0) is 18.6. The van der Waals surface area contributed by atoms with Crippen molar-refractivity contribution in [1.82, 2.24) is 20.1 Å². The van der Waals surface area contributed by atoms with Crippen molar-refractivity contribution in [3.63, 3.8) is 0 Å². The van der Waals surface area contributed by atoms with Crippen molar-refractivity contribution in [3.05, 3.63) is 35.9 Å². The van der Waals surface area contributed by atoms with Crippen LogP contribution in [0.15, 0.2) is 27.3 Å². The first-order chi connectivity index (χ1) is 11.8. The van der Waals surface area contributed by atoms with Crippen LogP contribution in [0.25, 0.3) is 22.8 Å². The van der Waals surface area contributed by atoms with Crippen LogP contribution in [0, 0.1) is 13.8 Å². The van der Waals surface area contributed by atoms with Crippen LogP contribution in [0.2, 0.25) is 0 Å². The third-order valence-electron chi connectivity index (χ3n) is 2.83. The number of hydrogen-bond donors (Lipinski definition) is 1. The van der Waals surface area contributed by atoms with Gasteiger partial charge in [0, 0.05) is 18.7 Å². The molecule has 0 unspecified atom stereocenters. The SMILES string of the molecule is Cc1nc(-c2cc(-c3noc(C(F)(F)F)n3)ccn2)c(C)o1.NC=O. The molecule has 0 saturated carbocycles. The number of rotatable bonds is 2. The van der Waals surface area contributed by atoms with E-state index in [9.17, 15) is 13.2 Å². The lowest BCUT2D eigenvalue weighted by Crippen LogP contribution is -2.04. The van der Waals surface area contributed by atoms with Crippen molar-refractivity contribution in [2.24, 2.45) is 5.73 Å². The number of primary amides is 1. The largest absolute Gasteiger partial charge is 0.471 e. The average molecular weight is 355 g/mol. The Labute approximate surface area is 138 Å². The number of pyridine rings is 1. The molecule has 0 saturated heterocycles. The Morgan fingerprint density at radius 2 is 1.92 bits per heavy atom. The number of nitrogens with zero attached hydrogens (tertiary/aromatic N) is 4. The topological polar surface area (TPSA) is 121 Å². The van der Waals surface area contributed by atoms with E-state index in [2.05, 4.69) is 30.4 Å². The highest BCUT2D eigenvalue weighted by atomic mass is 19.4. The Hall–Kier alpha value is -3.24. The number of alkyl halides is 3. The van der Waals surface area contributed by atoms with E-state index in [1.165, 1.54) is 18.3 Å². The first kappa shape index (κ1) is 18.1. The second kappa shape index (κ2) is 7.11. The fourth-order valence-electron chi connectivity index (χ4n) is 1.92. The lowest BCUT2D eigenvalue weighted by atomic mass is 10.1. The fourth-order valence-corrected chi connectivity index (χ4v) is 1.92. The molecule has 8 nitrogen and oxygen atoms in total. The molecule has 0 aliphatic rings. The number of aromatic nitrogens is 4. The third kappa shape index (κ3) is 4.19. The van der Waals surface area contributed by atoms with E-state index in [0.29, 0.717) is 28.6 Å². The van der Waals surface area contributed by atoms with Crippen molar-refractivity contribution >= 4 is 6.41 Å². The number of aryl methyl sites for hydroxylation is 2. The highest BCUT2D eigenvalue weighted by Crippen LogP contribution is 2.30. The Kier molecular flexibility index (Phi) is 5.15. The summed E-state index contributed by atoms with van der Waals surface area (Å²) < 4.78 is 47.0. The number of amides is 1. The maximum absolute atomic E-state index is 12.5. The lowest BCUT2D eigenvalue weighted by Gasteiger charge is -1.99. The number of carbonyl (C=O) groups is 1. The number of halogens is 3. The summed E-state index contributed by atoms with van der Waals surface area (Å²) in [5.74, 6) is -0.534. The van der Waals surface area contributed by atoms with Crippen LogP contribution in [0.3, 0.4) is 0 Å². The van der Waals surface area contributed by atoms with E-state index in [1.807, 2.05) is 0 Å². The summed E-state index contributed by atoms with van der Waals surface area (Å²) in [6.45, 7) is 3.41. The van der Waals surface area contributed by atoms with E-state index in [0.717, 1.165) is 0 Å². The number of nitrogens with two attached hydrogens (primary N) is 1. The normalized spacial score (nSPS) is 10.9. The van der Waals surface area contributed by atoms with Gasteiger partial charge in [-0.2, -0.15) is 18.2 Å². The molecule has 1 amide bonds. The van der Waals surface area contributed by atoms with Gasteiger partial charge in [0.1, 0.15) is 11.5 Å². The van der Waals surface area contributed by atoms with Gasteiger partial charge in [-0.15, -0.1) is 0 Å². The first-order valence-corrected chi connectivity index (χ1v) is 6.73. The molecule has 3 aromatic heterocycles. The quantitative estimate of drug-likeness (QED) is 0.701. The minimum absolute atomic E-state index is 0.172. The molecule has 0 radical (unpaired) electrons. The van der Waals surface area contributed by atoms with Crippen LogP contribution in [0.4, 0.5) is 13.2 Å². The summed E-state index contributed by atoms with van der Waals surface area (Å²) in [7, 11) is 0. The van der Waals surface area contributed by atoms with E-state index in [4.69, 9.17) is 9.21 Å². The Balaban J connectivity index is 0.000000701. The van der Waals surface area contributed by atoms with Crippen molar-refractivity contribution in [1.29, 1.82) is 0 Å². The Morgan fingerprint density at radius 1 is 1.24 bits per heavy atom.